The first kappa shape index (κ1) is 18.5. The molecule has 5 nitrogen and oxygen atoms in total. The van der Waals surface area contributed by atoms with Crippen LogP contribution in [0.4, 0.5) is 10.1 Å². The van der Waals surface area contributed by atoms with Gasteiger partial charge in [-0.2, -0.15) is 5.10 Å². The molecule has 0 spiro atoms. The zero-order chi connectivity index (χ0) is 19.8. The number of aromatic nitrogens is 3. The highest BCUT2D eigenvalue weighted by molar-refractivity contribution is 7.71. The van der Waals surface area contributed by atoms with Crippen molar-refractivity contribution < 1.29 is 4.39 Å². The SMILES string of the molecule is Fc1ccc(N2CCN(Cn3nc(C4CC4)n(-c4ccccc4)c3=S)CC2)cc1. The Hall–Kier alpha value is -2.51. The van der Waals surface area contributed by atoms with Crippen molar-refractivity contribution in [3.05, 3.63) is 71.0 Å². The van der Waals surface area contributed by atoms with Gasteiger partial charge in [0.15, 0.2) is 0 Å². The average molecular weight is 410 g/mol. The first-order valence-electron chi connectivity index (χ1n) is 10.2. The number of hydrogen-bond acceptors (Lipinski definition) is 4. The van der Waals surface area contributed by atoms with E-state index >= 15 is 0 Å². The van der Waals surface area contributed by atoms with Gasteiger partial charge in [0, 0.05) is 43.5 Å². The third-order valence-electron chi connectivity index (χ3n) is 5.72. The van der Waals surface area contributed by atoms with Gasteiger partial charge in [0.2, 0.25) is 4.77 Å². The third kappa shape index (κ3) is 3.84. The molecule has 1 saturated heterocycles. The fraction of sp³-hybridized carbons (Fsp3) is 0.364. The minimum atomic E-state index is -0.192. The third-order valence-corrected chi connectivity index (χ3v) is 6.11. The van der Waals surface area contributed by atoms with Crippen LogP contribution in [0.3, 0.4) is 0 Å². The van der Waals surface area contributed by atoms with E-state index in [4.69, 9.17) is 17.3 Å². The van der Waals surface area contributed by atoms with E-state index in [1.54, 1.807) is 0 Å². The van der Waals surface area contributed by atoms with Gasteiger partial charge in [-0.25, -0.2) is 9.07 Å². The highest BCUT2D eigenvalue weighted by atomic mass is 32.1. The Morgan fingerprint density at radius 2 is 1.59 bits per heavy atom. The number of halogens is 1. The van der Waals surface area contributed by atoms with Crippen LogP contribution in [-0.4, -0.2) is 45.4 Å². The fourth-order valence-electron chi connectivity index (χ4n) is 3.93. The van der Waals surface area contributed by atoms with Gasteiger partial charge in [0.1, 0.15) is 11.6 Å². The van der Waals surface area contributed by atoms with Gasteiger partial charge in [-0.1, -0.05) is 18.2 Å². The van der Waals surface area contributed by atoms with Gasteiger partial charge < -0.3 is 4.90 Å². The summed E-state index contributed by atoms with van der Waals surface area (Å²) in [5.74, 6) is 1.42. The molecular formula is C22H24FN5S. The molecule has 2 aliphatic rings. The van der Waals surface area contributed by atoms with E-state index in [0.717, 1.165) is 48.1 Å². The molecule has 0 atom stereocenters. The van der Waals surface area contributed by atoms with E-state index in [1.807, 2.05) is 35.0 Å². The van der Waals surface area contributed by atoms with Crippen LogP contribution >= 0.6 is 12.2 Å². The topological polar surface area (TPSA) is 29.2 Å². The number of nitrogens with zero attached hydrogens (tertiary/aromatic N) is 5. The van der Waals surface area contributed by atoms with Crippen LogP contribution in [-0.2, 0) is 6.67 Å². The zero-order valence-electron chi connectivity index (χ0n) is 16.2. The van der Waals surface area contributed by atoms with Crippen molar-refractivity contribution in [2.45, 2.75) is 25.4 Å². The Kier molecular flexibility index (Phi) is 4.93. The van der Waals surface area contributed by atoms with Crippen LogP contribution < -0.4 is 4.90 Å². The van der Waals surface area contributed by atoms with Crippen LogP contribution in [0.2, 0.25) is 0 Å². The summed E-state index contributed by atoms with van der Waals surface area (Å²) in [6, 6.07) is 17.0. The summed E-state index contributed by atoms with van der Waals surface area (Å²) in [5.41, 5.74) is 2.17. The molecule has 29 heavy (non-hydrogen) atoms. The first-order valence-corrected chi connectivity index (χ1v) is 10.6. The standard InChI is InChI=1S/C22H24FN5S/c23-18-8-10-19(11-9-18)26-14-12-25(13-15-26)16-27-22(29)28(20-4-2-1-3-5-20)21(24-27)17-6-7-17/h1-5,8-11,17H,6-7,12-16H2. The molecule has 7 heteroatoms. The molecule has 1 aliphatic carbocycles. The molecule has 3 aromatic rings. The van der Waals surface area contributed by atoms with Crippen molar-refractivity contribution in [1.29, 1.82) is 0 Å². The highest BCUT2D eigenvalue weighted by Gasteiger charge is 2.31. The van der Waals surface area contributed by atoms with Crippen LogP contribution in [0, 0.1) is 10.6 Å². The molecule has 0 radical (unpaired) electrons. The smallest absolute Gasteiger partial charge is 0.203 e. The summed E-state index contributed by atoms with van der Waals surface area (Å²) in [6.07, 6.45) is 2.38. The zero-order valence-corrected chi connectivity index (χ0v) is 17.1. The highest BCUT2D eigenvalue weighted by Crippen LogP contribution is 2.40. The van der Waals surface area contributed by atoms with Gasteiger partial charge in [-0.3, -0.25) is 9.47 Å². The van der Waals surface area contributed by atoms with Gasteiger partial charge in [-0.05, 0) is 61.5 Å². The fourth-order valence-corrected chi connectivity index (χ4v) is 4.23. The van der Waals surface area contributed by atoms with Crippen LogP contribution in [0.1, 0.15) is 24.6 Å². The largest absolute Gasteiger partial charge is 0.369 e. The van der Waals surface area contributed by atoms with Crippen molar-refractivity contribution in [2.75, 3.05) is 31.1 Å². The molecule has 2 aromatic carbocycles. The minimum Gasteiger partial charge on any atom is -0.369 e. The number of rotatable bonds is 5. The van der Waals surface area contributed by atoms with E-state index < -0.39 is 0 Å². The second-order valence-corrected chi connectivity index (χ2v) is 8.17. The monoisotopic (exact) mass is 409 g/mol. The van der Waals surface area contributed by atoms with E-state index in [-0.39, 0.29) is 5.82 Å². The molecule has 0 amide bonds. The lowest BCUT2D eigenvalue weighted by Crippen LogP contribution is -2.47. The summed E-state index contributed by atoms with van der Waals surface area (Å²) in [6.45, 7) is 4.38. The summed E-state index contributed by atoms with van der Waals surface area (Å²) < 4.78 is 18.0. The molecule has 1 aromatic heterocycles. The average Bonchev–Trinajstić information content (AvgIpc) is 3.55. The second-order valence-electron chi connectivity index (χ2n) is 7.81. The molecule has 2 heterocycles. The van der Waals surface area contributed by atoms with Crippen molar-refractivity contribution in [2.24, 2.45) is 0 Å². The lowest BCUT2D eigenvalue weighted by molar-refractivity contribution is 0.194. The number of benzene rings is 2. The molecule has 0 N–H and O–H groups in total. The van der Waals surface area contributed by atoms with Gasteiger partial charge in [0.05, 0.1) is 6.67 Å². The number of piperazine rings is 1. The number of para-hydroxylation sites is 1. The second kappa shape index (κ2) is 7.72. The molecule has 5 rings (SSSR count). The Bertz CT molecular complexity index is 1030. The molecule has 0 bridgehead atoms. The van der Waals surface area contributed by atoms with E-state index in [2.05, 4.69) is 26.5 Å². The molecular weight excluding hydrogens is 385 g/mol. The predicted molar refractivity (Wildman–Crippen MR) is 115 cm³/mol. The van der Waals surface area contributed by atoms with E-state index in [0.29, 0.717) is 12.6 Å². The minimum absolute atomic E-state index is 0.192. The molecule has 150 valence electrons. The number of anilines is 1. The maximum absolute atomic E-state index is 13.2. The van der Waals surface area contributed by atoms with Crippen molar-refractivity contribution in [3.63, 3.8) is 0 Å². The quantitative estimate of drug-likeness (QED) is 0.591. The van der Waals surface area contributed by atoms with Crippen LogP contribution in [0.25, 0.3) is 5.69 Å². The Labute approximate surface area is 175 Å². The molecule has 1 saturated carbocycles. The summed E-state index contributed by atoms with van der Waals surface area (Å²) in [4.78, 5) is 4.68. The molecule has 0 unspecified atom stereocenters. The Morgan fingerprint density at radius 1 is 0.897 bits per heavy atom. The molecule has 2 fully saturated rings. The lowest BCUT2D eigenvalue weighted by atomic mass is 10.2. The summed E-state index contributed by atoms with van der Waals surface area (Å²) in [7, 11) is 0. The summed E-state index contributed by atoms with van der Waals surface area (Å²) in [5, 5.41) is 4.91. The van der Waals surface area contributed by atoms with E-state index in [1.165, 1.54) is 25.0 Å². The predicted octanol–water partition coefficient (Wildman–Crippen LogP) is 4.20. The lowest BCUT2D eigenvalue weighted by Gasteiger charge is -2.35. The van der Waals surface area contributed by atoms with Crippen LogP contribution in [0.5, 0.6) is 0 Å². The van der Waals surface area contributed by atoms with Crippen LogP contribution in [0.15, 0.2) is 54.6 Å². The van der Waals surface area contributed by atoms with Crippen molar-refractivity contribution >= 4 is 17.9 Å². The summed E-state index contributed by atoms with van der Waals surface area (Å²) >= 11 is 5.81. The van der Waals surface area contributed by atoms with Gasteiger partial charge in [-0.15, -0.1) is 0 Å². The maximum Gasteiger partial charge on any atom is 0.203 e. The molecule has 1 aliphatic heterocycles. The van der Waals surface area contributed by atoms with Crippen molar-refractivity contribution in [3.8, 4) is 5.69 Å². The normalized spacial score (nSPS) is 17.6. The maximum atomic E-state index is 13.2. The van der Waals surface area contributed by atoms with Gasteiger partial charge in [0.25, 0.3) is 0 Å². The van der Waals surface area contributed by atoms with Gasteiger partial charge >= 0.3 is 0 Å². The Morgan fingerprint density at radius 3 is 2.24 bits per heavy atom. The Balaban J connectivity index is 1.31. The first-order chi connectivity index (χ1) is 14.2. The van der Waals surface area contributed by atoms with Crippen molar-refractivity contribution in [1.82, 2.24) is 19.2 Å². The van der Waals surface area contributed by atoms with E-state index in [9.17, 15) is 4.39 Å². The number of hydrogen-bond donors (Lipinski definition) is 0.